The van der Waals surface area contributed by atoms with E-state index in [4.69, 9.17) is 0 Å². The molecule has 0 bridgehead atoms. The summed E-state index contributed by atoms with van der Waals surface area (Å²) in [4.78, 5) is 21.6. The summed E-state index contributed by atoms with van der Waals surface area (Å²) in [6, 6.07) is 1.91. The van der Waals surface area contributed by atoms with E-state index >= 15 is 0 Å². The Bertz CT molecular complexity index is 355. The van der Waals surface area contributed by atoms with E-state index in [9.17, 15) is 4.79 Å². The van der Waals surface area contributed by atoms with Gasteiger partial charge in [0.25, 0.3) is 0 Å². The highest BCUT2D eigenvalue weighted by molar-refractivity contribution is 5.93. The number of nitrogens with zero attached hydrogens (tertiary/aromatic N) is 3. The maximum absolute atomic E-state index is 11.4. The lowest BCUT2D eigenvalue weighted by atomic mass is 10.3. The molecule has 0 N–H and O–H groups in total. The first-order valence-electron chi connectivity index (χ1n) is 4.79. The van der Waals surface area contributed by atoms with Crippen molar-refractivity contribution in [1.29, 1.82) is 0 Å². The summed E-state index contributed by atoms with van der Waals surface area (Å²) in [5.41, 5.74) is 1.82. The number of carbonyl (C=O) groups excluding carboxylic acids is 1. The predicted octanol–water partition coefficient (Wildman–Crippen LogP) is 1.22. The fourth-order valence-corrected chi connectivity index (χ4v) is 1.69. The van der Waals surface area contributed by atoms with Gasteiger partial charge in [0.15, 0.2) is 0 Å². The van der Waals surface area contributed by atoms with Crippen molar-refractivity contribution in [3.05, 3.63) is 17.5 Å². The average Bonchev–Trinajstić information content (AvgIpc) is 2.49. The number of anilines is 1. The van der Waals surface area contributed by atoms with E-state index in [1.165, 1.54) is 0 Å². The van der Waals surface area contributed by atoms with Gasteiger partial charge in [-0.1, -0.05) is 0 Å². The third kappa shape index (κ3) is 1.60. The lowest BCUT2D eigenvalue weighted by Crippen LogP contribution is -2.26. The number of carbonyl (C=O) groups is 1. The number of aryl methyl sites for hydroxylation is 2. The molecule has 1 aromatic rings. The van der Waals surface area contributed by atoms with Crippen LogP contribution in [0.15, 0.2) is 6.07 Å². The third-order valence-electron chi connectivity index (χ3n) is 2.29. The molecule has 0 aromatic carbocycles. The molecule has 4 heteroatoms. The van der Waals surface area contributed by atoms with Crippen molar-refractivity contribution < 1.29 is 4.79 Å². The van der Waals surface area contributed by atoms with Gasteiger partial charge in [-0.3, -0.25) is 9.69 Å². The molecule has 0 spiro atoms. The van der Waals surface area contributed by atoms with E-state index in [2.05, 4.69) is 9.97 Å². The van der Waals surface area contributed by atoms with Crippen molar-refractivity contribution in [2.75, 3.05) is 11.4 Å². The first-order valence-corrected chi connectivity index (χ1v) is 4.79. The van der Waals surface area contributed by atoms with Crippen LogP contribution < -0.4 is 4.90 Å². The van der Waals surface area contributed by atoms with Crippen molar-refractivity contribution in [2.24, 2.45) is 0 Å². The lowest BCUT2D eigenvalue weighted by Gasteiger charge is -2.13. The SMILES string of the molecule is Cc1cc(C)nc(N2CCCC2=O)n1. The van der Waals surface area contributed by atoms with Crippen LogP contribution in [0.2, 0.25) is 0 Å². The monoisotopic (exact) mass is 191 g/mol. The second-order valence-corrected chi connectivity index (χ2v) is 3.60. The molecule has 1 aliphatic rings. The molecule has 0 saturated carbocycles. The molecule has 0 radical (unpaired) electrons. The molecule has 0 atom stereocenters. The largest absolute Gasteiger partial charge is 0.281 e. The normalized spacial score (nSPS) is 16.4. The van der Waals surface area contributed by atoms with Crippen LogP contribution in [0.5, 0.6) is 0 Å². The lowest BCUT2D eigenvalue weighted by molar-refractivity contribution is -0.117. The van der Waals surface area contributed by atoms with Crippen molar-refractivity contribution in [1.82, 2.24) is 9.97 Å². The van der Waals surface area contributed by atoms with Crippen LogP contribution in [-0.2, 0) is 4.79 Å². The number of aromatic nitrogens is 2. The smallest absolute Gasteiger partial charge is 0.232 e. The summed E-state index contributed by atoms with van der Waals surface area (Å²) in [5.74, 6) is 0.694. The molecule has 0 unspecified atom stereocenters. The third-order valence-corrected chi connectivity index (χ3v) is 2.29. The van der Waals surface area contributed by atoms with Gasteiger partial charge in [0.2, 0.25) is 11.9 Å². The number of hydrogen-bond acceptors (Lipinski definition) is 3. The Kier molecular flexibility index (Phi) is 2.19. The van der Waals surface area contributed by atoms with Gasteiger partial charge in [-0.25, -0.2) is 9.97 Å². The number of amides is 1. The van der Waals surface area contributed by atoms with Crippen molar-refractivity contribution in [3.63, 3.8) is 0 Å². The standard InChI is InChI=1S/C10H13N3O/c1-7-6-8(2)12-10(11-7)13-5-3-4-9(13)14/h6H,3-5H2,1-2H3. The molecule has 4 nitrogen and oxygen atoms in total. The fourth-order valence-electron chi connectivity index (χ4n) is 1.69. The van der Waals surface area contributed by atoms with E-state index in [-0.39, 0.29) is 5.91 Å². The zero-order valence-electron chi connectivity index (χ0n) is 8.45. The number of hydrogen-bond donors (Lipinski definition) is 0. The van der Waals surface area contributed by atoms with Crippen LogP contribution in [0.4, 0.5) is 5.95 Å². The molecular weight excluding hydrogens is 178 g/mol. The molecule has 1 amide bonds. The maximum atomic E-state index is 11.4. The van der Waals surface area contributed by atoms with Crippen LogP contribution >= 0.6 is 0 Å². The molecule has 1 aliphatic heterocycles. The summed E-state index contributed by atoms with van der Waals surface area (Å²) >= 11 is 0. The minimum absolute atomic E-state index is 0.134. The van der Waals surface area contributed by atoms with E-state index in [1.54, 1.807) is 4.90 Å². The van der Waals surface area contributed by atoms with E-state index < -0.39 is 0 Å². The van der Waals surface area contributed by atoms with Gasteiger partial charge in [0.1, 0.15) is 0 Å². The summed E-state index contributed by atoms with van der Waals surface area (Å²) in [5, 5.41) is 0. The van der Waals surface area contributed by atoms with Gasteiger partial charge in [-0.05, 0) is 26.3 Å². The second-order valence-electron chi connectivity index (χ2n) is 3.60. The predicted molar refractivity (Wildman–Crippen MR) is 53.1 cm³/mol. The molecule has 74 valence electrons. The molecule has 1 saturated heterocycles. The first kappa shape index (κ1) is 9.12. The van der Waals surface area contributed by atoms with Gasteiger partial charge in [-0.15, -0.1) is 0 Å². The topological polar surface area (TPSA) is 46.1 Å². The van der Waals surface area contributed by atoms with E-state index in [1.807, 2.05) is 19.9 Å². The molecule has 14 heavy (non-hydrogen) atoms. The van der Waals surface area contributed by atoms with E-state index in [0.717, 1.165) is 24.4 Å². The minimum atomic E-state index is 0.134. The number of rotatable bonds is 1. The molecular formula is C10H13N3O. The van der Waals surface area contributed by atoms with Gasteiger partial charge >= 0.3 is 0 Å². The molecule has 1 aromatic heterocycles. The highest BCUT2D eigenvalue weighted by Gasteiger charge is 2.23. The van der Waals surface area contributed by atoms with Gasteiger partial charge in [0, 0.05) is 24.4 Å². The van der Waals surface area contributed by atoms with Crippen molar-refractivity contribution in [2.45, 2.75) is 26.7 Å². The Hall–Kier alpha value is -1.45. The molecule has 0 aliphatic carbocycles. The average molecular weight is 191 g/mol. The van der Waals surface area contributed by atoms with Crippen LogP contribution in [0, 0.1) is 13.8 Å². The molecule has 2 rings (SSSR count). The Balaban J connectivity index is 2.35. The fraction of sp³-hybridized carbons (Fsp3) is 0.500. The van der Waals surface area contributed by atoms with Crippen molar-refractivity contribution in [3.8, 4) is 0 Å². The van der Waals surface area contributed by atoms with Gasteiger partial charge in [0.05, 0.1) is 0 Å². The maximum Gasteiger partial charge on any atom is 0.232 e. The van der Waals surface area contributed by atoms with Crippen LogP contribution in [0.3, 0.4) is 0 Å². The van der Waals surface area contributed by atoms with E-state index in [0.29, 0.717) is 12.4 Å². The van der Waals surface area contributed by atoms with Gasteiger partial charge in [-0.2, -0.15) is 0 Å². The Morgan fingerprint density at radius 2 is 1.93 bits per heavy atom. The summed E-state index contributed by atoms with van der Waals surface area (Å²) in [6.45, 7) is 4.58. The second kappa shape index (κ2) is 3.36. The summed E-state index contributed by atoms with van der Waals surface area (Å²) < 4.78 is 0. The molecule has 1 fully saturated rings. The van der Waals surface area contributed by atoms with Crippen LogP contribution in [-0.4, -0.2) is 22.4 Å². The first-order chi connectivity index (χ1) is 6.66. The highest BCUT2D eigenvalue weighted by Crippen LogP contribution is 2.17. The Morgan fingerprint density at radius 1 is 1.29 bits per heavy atom. The zero-order chi connectivity index (χ0) is 10.1. The molecule has 2 heterocycles. The van der Waals surface area contributed by atoms with Crippen molar-refractivity contribution >= 4 is 11.9 Å². The van der Waals surface area contributed by atoms with Crippen LogP contribution in [0.25, 0.3) is 0 Å². The minimum Gasteiger partial charge on any atom is -0.281 e. The van der Waals surface area contributed by atoms with Crippen LogP contribution in [0.1, 0.15) is 24.2 Å². The Labute approximate surface area is 83.0 Å². The quantitative estimate of drug-likeness (QED) is 0.670. The summed E-state index contributed by atoms with van der Waals surface area (Å²) in [6.07, 6.45) is 1.53. The highest BCUT2D eigenvalue weighted by atomic mass is 16.2. The summed E-state index contributed by atoms with van der Waals surface area (Å²) in [7, 11) is 0. The zero-order valence-corrected chi connectivity index (χ0v) is 8.45. The van der Waals surface area contributed by atoms with Gasteiger partial charge < -0.3 is 0 Å². The Morgan fingerprint density at radius 3 is 2.43 bits per heavy atom.